The number of allylic oxidation sites excluding steroid dienone is 1. The third-order valence-corrected chi connectivity index (χ3v) is 6.77. The fraction of sp³-hybridized carbons (Fsp3) is 0.529. The topological polar surface area (TPSA) is 37.4 Å². The van der Waals surface area contributed by atoms with E-state index in [2.05, 4.69) is 6.58 Å². The molecule has 0 radical (unpaired) electrons. The summed E-state index contributed by atoms with van der Waals surface area (Å²) in [5, 5.41) is 0. The van der Waals surface area contributed by atoms with Crippen LogP contribution in [0.3, 0.4) is 0 Å². The van der Waals surface area contributed by atoms with E-state index in [1.165, 1.54) is 19.3 Å². The van der Waals surface area contributed by atoms with Crippen LogP contribution in [0.15, 0.2) is 41.4 Å². The Bertz CT molecular complexity index is 640. The van der Waals surface area contributed by atoms with E-state index in [1.54, 1.807) is 16.4 Å². The zero-order chi connectivity index (χ0) is 15.1. The second-order valence-corrected chi connectivity index (χ2v) is 8.49. The first-order chi connectivity index (χ1) is 9.93. The van der Waals surface area contributed by atoms with Crippen LogP contribution in [0.25, 0.3) is 0 Å². The molecule has 0 atom stereocenters. The van der Waals surface area contributed by atoms with Crippen molar-refractivity contribution in [1.29, 1.82) is 0 Å². The lowest BCUT2D eigenvalue weighted by Crippen LogP contribution is -2.32. The molecule has 1 spiro atoms. The van der Waals surface area contributed by atoms with E-state index in [1.807, 2.05) is 19.1 Å². The molecule has 21 heavy (non-hydrogen) atoms. The summed E-state index contributed by atoms with van der Waals surface area (Å²) < 4.78 is 27.3. The van der Waals surface area contributed by atoms with Gasteiger partial charge in [0.05, 0.1) is 4.90 Å². The van der Waals surface area contributed by atoms with Gasteiger partial charge in [0, 0.05) is 12.2 Å². The molecule has 0 N–H and O–H groups in total. The number of aryl methyl sites for hydroxylation is 1. The molecule has 2 aliphatic rings. The largest absolute Gasteiger partial charge is 0.270 e. The Morgan fingerprint density at radius 3 is 2.33 bits per heavy atom. The van der Waals surface area contributed by atoms with Gasteiger partial charge in [0.1, 0.15) is 0 Å². The van der Waals surface area contributed by atoms with Crippen LogP contribution < -0.4 is 0 Å². The zero-order valence-electron chi connectivity index (χ0n) is 12.6. The monoisotopic (exact) mass is 305 g/mol. The maximum atomic E-state index is 12.8. The molecule has 0 unspecified atom stereocenters. The molecular formula is C17H23NO2S. The van der Waals surface area contributed by atoms with Crippen molar-refractivity contribution in [2.24, 2.45) is 5.41 Å². The van der Waals surface area contributed by atoms with Crippen LogP contribution in [0.5, 0.6) is 0 Å². The van der Waals surface area contributed by atoms with Crippen molar-refractivity contribution in [2.45, 2.75) is 50.3 Å². The minimum Gasteiger partial charge on any atom is -0.270 e. The minimum atomic E-state index is -3.45. The summed E-state index contributed by atoms with van der Waals surface area (Å²) in [4.78, 5) is 0.377. The maximum Gasteiger partial charge on any atom is 0.264 e. The molecule has 4 heteroatoms. The molecular weight excluding hydrogens is 282 g/mol. The lowest BCUT2D eigenvalue weighted by atomic mass is 9.73. The number of hydrogen-bond acceptors (Lipinski definition) is 2. The summed E-state index contributed by atoms with van der Waals surface area (Å²) >= 11 is 0. The fourth-order valence-corrected chi connectivity index (χ4v) is 5.31. The molecule has 1 aliphatic carbocycles. The van der Waals surface area contributed by atoms with Crippen molar-refractivity contribution in [3.63, 3.8) is 0 Å². The highest BCUT2D eigenvalue weighted by molar-refractivity contribution is 7.89. The lowest BCUT2D eigenvalue weighted by Gasteiger charge is -2.32. The van der Waals surface area contributed by atoms with E-state index in [-0.39, 0.29) is 5.41 Å². The molecule has 0 amide bonds. The lowest BCUT2D eigenvalue weighted by molar-refractivity contribution is 0.206. The summed E-state index contributed by atoms with van der Waals surface area (Å²) in [6, 6.07) is 7.10. The first-order valence-electron chi connectivity index (χ1n) is 7.70. The zero-order valence-corrected chi connectivity index (χ0v) is 13.5. The highest BCUT2D eigenvalue weighted by Gasteiger charge is 2.44. The molecule has 1 saturated carbocycles. The van der Waals surface area contributed by atoms with E-state index in [0.717, 1.165) is 30.5 Å². The summed E-state index contributed by atoms with van der Waals surface area (Å²) in [5.41, 5.74) is 1.98. The van der Waals surface area contributed by atoms with Gasteiger partial charge >= 0.3 is 0 Å². The van der Waals surface area contributed by atoms with Gasteiger partial charge in [-0.1, -0.05) is 43.5 Å². The Morgan fingerprint density at radius 1 is 1.10 bits per heavy atom. The Labute approximate surface area is 127 Å². The predicted octanol–water partition coefficient (Wildman–Crippen LogP) is 3.85. The Morgan fingerprint density at radius 2 is 1.71 bits per heavy atom. The van der Waals surface area contributed by atoms with Gasteiger partial charge in [-0.25, -0.2) is 8.42 Å². The summed E-state index contributed by atoms with van der Waals surface area (Å²) in [6.45, 7) is 6.61. The molecule has 1 aromatic carbocycles. The quantitative estimate of drug-likeness (QED) is 0.832. The van der Waals surface area contributed by atoms with Crippen LogP contribution in [0, 0.1) is 12.3 Å². The Kier molecular flexibility index (Phi) is 3.60. The fourth-order valence-electron chi connectivity index (χ4n) is 3.72. The van der Waals surface area contributed by atoms with Gasteiger partial charge in [-0.3, -0.25) is 4.31 Å². The van der Waals surface area contributed by atoms with Gasteiger partial charge in [-0.15, -0.1) is 0 Å². The Hall–Kier alpha value is -1.29. The summed E-state index contributed by atoms with van der Waals surface area (Å²) in [7, 11) is -3.45. The van der Waals surface area contributed by atoms with Crippen LogP contribution in [-0.2, 0) is 10.0 Å². The van der Waals surface area contributed by atoms with Crippen molar-refractivity contribution in [1.82, 2.24) is 4.31 Å². The number of hydrogen-bond donors (Lipinski definition) is 0. The van der Waals surface area contributed by atoms with Gasteiger partial charge < -0.3 is 0 Å². The van der Waals surface area contributed by atoms with E-state index in [4.69, 9.17) is 0 Å². The smallest absolute Gasteiger partial charge is 0.264 e. The summed E-state index contributed by atoms with van der Waals surface area (Å²) in [5.74, 6) is 0. The van der Waals surface area contributed by atoms with Crippen molar-refractivity contribution in [3.8, 4) is 0 Å². The van der Waals surface area contributed by atoms with Crippen LogP contribution in [0.2, 0.25) is 0 Å². The standard InChI is InChI=1S/C17H23NO2S/c1-14-6-8-16(9-7-14)21(19,20)18-13-17(12-15(18)2)10-4-3-5-11-17/h6-9H,2-5,10-13H2,1H3. The molecule has 0 bridgehead atoms. The number of nitrogens with zero attached hydrogens (tertiary/aromatic N) is 1. The van der Waals surface area contributed by atoms with Crippen LogP contribution in [0.1, 0.15) is 44.1 Å². The maximum absolute atomic E-state index is 12.8. The minimum absolute atomic E-state index is 0.146. The number of sulfonamides is 1. The third kappa shape index (κ3) is 2.61. The van der Waals surface area contributed by atoms with Gasteiger partial charge in [0.15, 0.2) is 0 Å². The molecule has 1 heterocycles. The van der Waals surface area contributed by atoms with Crippen LogP contribution in [-0.4, -0.2) is 19.3 Å². The molecule has 1 saturated heterocycles. The molecule has 3 nitrogen and oxygen atoms in total. The SMILES string of the molecule is C=C1CC2(CCCCC2)CN1S(=O)(=O)c1ccc(C)cc1. The third-order valence-electron chi connectivity index (χ3n) is 4.93. The highest BCUT2D eigenvalue weighted by atomic mass is 32.2. The van der Waals surface area contributed by atoms with E-state index >= 15 is 0 Å². The van der Waals surface area contributed by atoms with Crippen molar-refractivity contribution < 1.29 is 8.42 Å². The predicted molar refractivity (Wildman–Crippen MR) is 84.3 cm³/mol. The first kappa shape index (κ1) is 14.6. The van der Waals surface area contributed by atoms with Crippen molar-refractivity contribution in [3.05, 3.63) is 42.1 Å². The molecule has 114 valence electrons. The second kappa shape index (κ2) is 5.16. The van der Waals surface area contributed by atoms with Gasteiger partial charge in [0.2, 0.25) is 0 Å². The Balaban J connectivity index is 1.89. The van der Waals surface area contributed by atoms with Gasteiger partial charge in [-0.2, -0.15) is 0 Å². The molecule has 3 rings (SSSR count). The van der Waals surface area contributed by atoms with E-state index < -0.39 is 10.0 Å². The summed E-state index contributed by atoms with van der Waals surface area (Å²) in [6.07, 6.45) is 6.80. The molecule has 1 aliphatic heterocycles. The van der Waals surface area contributed by atoms with E-state index in [0.29, 0.717) is 11.4 Å². The van der Waals surface area contributed by atoms with Crippen LogP contribution in [0.4, 0.5) is 0 Å². The number of benzene rings is 1. The normalized spacial score (nSPS) is 22.0. The molecule has 2 fully saturated rings. The second-order valence-electron chi connectivity index (χ2n) is 6.63. The molecule has 1 aromatic rings. The van der Waals surface area contributed by atoms with Crippen molar-refractivity contribution >= 4 is 10.0 Å². The average molecular weight is 305 g/mol. The highest BCUT2D eigenvalue weighted by Crippen LogP contribution is 2.48. The van der Waals surface area contributed by atoms with E-state index in [9.17, 15) is 8.42 Å². The molecule has 0 aromatic heterocycles. The van der Waals surface area contributed by atoms with Gasteiger partial charge in [-0.05, 0) is 43.7 Å². The first-order valence-corrected chi connectivity index (χ1v) is 9.14. The van der Waals surface area contributed by atoms with Crippen LogP contribution >= 0.6 is 0 Å². The van der Waals surface area contributed by atoms with Gasteiger partial charge in [0.25, 0.3) is 10.0 Å². The van der Waals surface area contributed by atoms with Crippen molar-refractivity contribution in [2.75, 3.05) is 6.54 Å². The average Bonchev–Trinajstić information content (AvgIpc) is 2.77. The number of rotatable bonds is 2.